The number of aromatic nitrogens is 2. The maximum Gasteiger partial charge on any atom is 0.435 e. The summed E-state index contributed by atoms with van der Waals surface area (Å²) >= 11 is 1.33. The third-order valence-corrected chi connectivity index (χ3v) is 3.65. The molecule has 0 aliphatic carbocycles. The van der Waals surface area contributed by atoms with E-state index in [-0.39, 0.29) is 5.82 Å². The van der Waals surface area contributed by atoms with Crippen LogP contribution in [0.15, 0.2) is 46.9 Å². The van der Waals surface area contributed by atoms with Crippen LogP contribution in [0.2, 0.25) is 0 Å². The van der Waals surface area contributed by atoms with Crippen molar-refractivity contribution in [2.24, 2.45) is 9.98 Å². The number of halogens is 6. The van der Waals surface area contributed by atoms with Crippen LogP contribution >= 0.6 is 11.8 Å². The van der Waals surface area contributed by atoms with Crippen molar-refractivity contribution in [3.63, 3.8) is 0 Å². The Morgan fingerprint density at radius 3 is 1.94 bits per heavy atom. The Labute approximate surface area is 195 Å². The molecule has 0 spiro atoms. The third kappa shape index (κ3) is 13.6. The first-order valence-corrected chi connectivity index (χ1v) is 11.0. The van der Waals surface area contributed by atoms with Crippen molar-refractivity contribution in [3.8, 4) is 0 Å². The molecule has 2 rings (SSSR count). The zero-order chi connectivity index (χ0) is 26.2. The lowest BCUT2D eigenvalue weighted by atomic mass is 10.1. The Bertz CT molecular complexity index is 880. The summed E-state index contributed by atoms with van der Waals surface area (Å²) < 4.78 is 74.0. The van der Waals surface area contributed by atoms with E-state index < -0.39 is 23.6 Å². The molecule has 0 amide bonds. The topological polar surface area (TPSA) is 42.5 Å². The molecule has 186 valence electrons. The average molecular weight is 497 g/mol. The monoisotopic (exact) mass is 496 g/mol. The van der Waals surface area contributed by atoms with E-state index in [9.17, 15) is 26.3 Å². The van der Waals surface area contributed by atoms with Crippen LogP contribution in [0.4, 0.5) is 26.3 Å². The van der Waals surface area contributed by atoms with Gasteiger partial charge in [0.25, 0.3) is 0 Å². The summed E-state index contributed by atoms with van der Waals surface area (Å²) in [6.45, 7) is 12.6. The Morgan fingerprint density at radius 1 is 1.06 bits per heavy atom. The molecule has 0 unspecified atom stereocenters. The van der Waals surface area contributed by atoms with Crippen molar-refractivity contribution >= 4 is 29.3 Å². The fourth-order valence-electron chi connectivity index (χ4n) is 1.86. The first-order valence-electron chi connectivity index (χ1n) is 9.67. The van der Waals surface area contributed by atoms with Crippen LogP contribution in [0.3, 0.4) is 0 Å². The number of nitrogens with zero attached hydrogens (tertiary/aromatic N) is 4. The summed E-state index contributed by atoms with van der Waals surface area (Å²) in [7, 11) is 1.75. The van der Waals surface area contributed by atoms with E-state index in [1.54, 1.807) is 32.5 Å². The van der Waals surface area contributed by atoms with Crippen LogP contribution < -0.4 is 0 Å². The van der Waals surface area contributed by atoms with E-state index in [2.05, 4.69) is 21.7 Å². The smallest absolute Gasteiger partial charge is 0.301 e. The highest BCUT2D eigenvalue weighted by Gasteiger charge is 2.34. The fourth-order valence-corrected chi connectivity index (χ4v) is 2.09. The Morgan fingerprint density at radius 2 is 1.61 bits per heavy atom. The molecule has 11 heteroatoms. The van der Waals surface area contributed by atoms with Gasteiger partial charge >= 0.3 is 12.4 Å². The second kappa shape index (κ2) is 16.1. The molecule has 33 heavy (non-hydrogen) atoms. The van der Waals surface area contributed by atoms with Crippen molar-refractivity contribution in [1.82, 2.24) is 9.78 Å². The minimum atomic E-state index is -4.44. The highest BCUT2D eigenvalue weighted by Crippen LogP contribution is 2.30. The maximum absolute atomic E-state index is 12.3. The van der Waals surface area contributed by atoms with Crippen molar-refractivity contribution in [1.29, 1.82) is 0 Å². The van der Waals surface area contributed by atoms with Gasteiger partial charge in [0.05, 0.1) is 11.1 Å². The van der Waals surface area contributed by atoms with Gasteiger partial charge in [-0.1, -0.05) is 44.2 Å². The van der Waals surface area contributed by atoms with Crippen molar-refractivity contribution in [3.05, 3.63) is 59.4 Å². The predicted molar refractivity (Wildman–Crippen MR) is 127 cm³/mol. The first kappa shape index (κ1) is 32.6. The Balaban J connectivity index is 0. The average Bonchev–Trinajstić information content (AvgIpc) is 3.16. The van der Waals surface area contributed by atoms with Crippen LogP contribution in [-0.2, 0) is 12.4 Å². The highest BCUT2D eigenvalue weighted by molar-refractivity contribution is 8.11. The number of hydrogen-bond donors (Lipinski definition) is 0. The molecular formula is C22H30F6N4S. The van der Waals surface area contributed by atoms with Crippen LogP contribution in [0, 0.1) is 13.8 Å². The molecule has 1 aromatic heterocycles. The maximum atomic E-state index is 12.3. The molecular weight excluding hydrogens is 466 g/mol. The van der Waals surface area contributed by atoms with Crippen LogP contribution in [0.5, 0.6) is 0 Å². The van der Waals surface area contributed by atoms with Gasteiger partial charge in [0.15, 0.2) is 5.69 Å². The van der Waals surface area contributed by atoms with Gasteiger partial charge in [0, 0.05) is 12.7 Å². The number of aryl methyl sites for hydroxylation is 2. The lowest BCUT2D eigenvalue weighted by molar-refractivity contribution is -0.141. The molecule has 0 radical (unpaired) electrons. The number of hydrogen-bond acceptors (Lipinski definition) is 4. The highest BCUT2D eigenvalue weighted by atomic mass is 32.2. The van der Waals surface area contributed by atoms with Gasteiger partial charge in [-0.25, -0.2) is 9.67 Å². The summed E-state index contributed by atoms with van der Waals surface area (Å²) in [6.07, 6.45) is -5.13. The minimum Gasteiger partial charge on any atom is -0.301 e. The molecule has 4 nitrogen and oxygen atoms in total. The number of rotatable bonds is 3. The first-order chi connectivity index (χ1) is 15.3. The molecule has 1 heterocycles. The van der Waals surface area contributed by atoms with E-state index in [0.29, 0.717) is 11.3 Å². The standard InChI is InChI=1S/C9H10F3N3S.C8H7F3.C3H7N.C2H6/c1-6-4-8(9(10,11)12)14-15(6)7(2)13-5-16-3;1-6-3-2-4-7(5-6)8(9,10)11;1-3-4-2;1-2/h4-5H,2H2,1,3H3;2-5H,1H3;3H,1-2H3;1-2H3/b13-5+;;;. The molecule has 0 saturated carbocycles. The quantitative estimate of drug-likeness (QED) is 0.247. The van der Waals surface area contributed by atoms with Gasteiger partial charge in [-0.05, 0) is 45.4 Å². The second-order valence-electron chi connectivity index (χ2n) is 5.85. The van der Waals surface area contributed by atoms with E-state index in [1.807, 2.05) is 20.8 Å². The lowest BCUT2D eigenvalue weighted by Crippen LogP contribution is -2.07. The van der Waals surface area contributed by atoms with Crippen LogP contribution in [-0.4, -0.2) is 34.8 Å². The van der Waals surface area contributed by atoms with Gasteiger partial charge < -0.3 is 4.99 Å². The van der Waals surface area contributed by atoms with Crippen molar-refractivity contribution in [2.45, 2.75) is 47.0 Å². The molecule has 0 N–H and O–H groups in total. The summed E-state index contributed by atoms with van der Waals surface area (Å²) in [5.74, 6) is 0.155. The SMILES string of the molecule is C=C(/N=C/SC)n1nc(C(F)(F)F)cc1C.CC.CC=NC.Cc1cccc(C(F)(F)F)c1. The number of benzene rings is 1. The van der Waals surface area contributed by atoms with Gasteiger partial charge in [0.1, 0.15) is 5.82 Å². The number of alkyl halides is 6. The lowest BCUT2D eigenvalue weighted by Gasteiger charge is -2.05. The van der Waals surface area contributed by atoms with E-state index in [0.717, 1.165) is 22.9 Å². The zero-order valence-electron chi connectivity index (χ0n) is 19.7. The zero-order valence-corrected chi connectivity index (χ0v) is 20.5. The third-order valence-electron chi connectivity index (χ3n) is 3.33. The van der Waals surface area contributed by atoms with Crippen LogP contribution in [0.1, 0.15) is 43.3 Å². The summed E-state index contributed by atoms with van der Waals surface area (Å²) in [4.78, 5) is 7.46. The summed E-state index contributed by atoms with van der Waals surface area (Å²) in [5, 5.41) is 3.40. The van der Waals surface area contributed by atoms with Gasteiger partial charge in [-0.15, -0.1) is 11.8 Å². The molecule has 0 bridgehead atoms. The molecule has 2 aromatic rings. The largest absolute Gasteiger partial charge is 0.435 e. The van der Waals surface area contributed by atoms with Crippen molar-refractivity contribution < 1.29 is 26.3 Å². The molecule has 0 aliphatic heterocycles. The fraction of sp³-hybridized carbons (Fsp3) is 0.409. The van der Waals surface area contributed by atoms with Gasteiger partial charge in [-0.2, -0.15) is 31.4 Å². The normalized spacial score (nSPS) is 11.2. The molecule has 0 fully saturated rings. The van der Waals surface area contributed by atoms with Gasteiger partial charge in [0.2, 0.25) is 0 Å². The number of thioether (sulfide) groups is 1. The van der Waals surface area contributed by atoms with E-state index in [1.165, 1.54) is 30.3 Å². The molecule has 1 aromatic carbocycles. The van der Waals surface area contributed by atoms with Gasteiger partial charge in [-0.3, -0.25) is 0 Å². The summed E-state index contributed by atoms with van der Waals surface area (Å²) in [6, 6.07) is 6.18. The Kier molecular flexibility index (Phi) is 15.9. The molecule has 0 aliphatic rings. The Hall–Kier alpha value is -2.56. The minimum absolute atomic E-state index is 0.155. The molecule has 0 atom stereocenters. The van der Waals surface area contributed by atoms with E-state index >= 15 is 0 Å². The van der Waals surface area contributed by atoms with Crippen molar-refractivity contribution in [2.75, 3.05) is 13.3 Å². The van der Waals surface area contributed by atoms with Crippen LogP contribution in [0.25, 0.3) is 5.82 Å². The second-order valence-corrected chi connectivity index (χ2v) is 6.53. The summed E-state index contributed by atoms with van der Waals surface area (Å²) in [5.41, 5.74) is 0.926. The molecule has 0 saturated heterocycles. The predicted octanol–water partition coefficient (Wildman–Crippen LogP) is 7.78. The van der Waals surface area contributed by atoms with E-state index in [4.69, 9.17) is 0 Å². The number of aliphatic imine (C=N–C) groups is 2.